The van der Waals surface area contributed by atoms with Gasteiger partial charge in [0.1, 0.15) is 17.1 Å². The molecule has 1 aliphatic carbocycles. The van der Waals surface area contributed by atoms with Crippen molar-refractivity contribution in [2.24, 2.45) is 11.8 Å². The second-order valence-electron chi connectivity index (χ2n) is 8.07. The molecule has 182 valence electrons. The van der Waals surface area contributed by atoms with E-state index in [1.165, 1.54) is 0 Å². The van der Waals surface area contributed by atoms with Crippen LogP contribution in [0.25, 0.3) is 11.1 Å². The summed E-state index contributed by atoms with van der Waals surface area (Å²) in [6.45, 7) is 0.679. The van der Waals surface area contributed by atoms with E-state index in [1.807, 2.05) is 42.5 Å². The van der Waals surface area contributed by atoms with E-state index >= 15 is 0 Å². The van der Waals surface area contributed by atoms with Crippen molar-refractivity contribution in [1.29, 1.82) is 0 Å². The van der Waals surface area contributed by atoms with Gasteiger partial charge in [0.05, 0.1) is 18.4 Å². The average Bonchev–Trinajstić information content (AvgIpc) is 3.38. The number of esters is 2. The molecule has 10 heteroatoms. The number of fused-ring (bicyclic) bond motifs is 1. The molecule has 1 aliphatic heterocycles. The fourth-order valence-electron chi connectivity index (χ4n) is 4.19. The van der Waals surface area contributed by atoms with Crippen molar-refractivity contribution in [3.05, 3.63) is 53.4 Å². The third kappa shape index (κ3) is 5.17. The maximum absolute atomic E-state index is 12.6. The number of carbonyl (C=O) groups is 5. The fraction of sp³-hybridized carbons (Fsp3) is 0.320. The van der Waals surface area contributed by atoms with Crippen LogP contribution in [0.4, 0.5) is 5.00 Å². The Morgan fingerprint density at radius 1 is 1.03 bits per heavy atom. The summed E-state index contributed by atoms with van der Waals surface area (Å²) in [6.07, 6.45) is 4.66. The van der Waals surface area contributed by atoms with Crippen molar-refractivity contribution in [3.63, 3.8) is 0 Å². The summed E-state index contributed by atoms with van der Waals surface area (Å²) >= 11 is 1.15. The van der Waals surface area contributed by atoms with Gasteiger partial charge in [-0.25, -0.2) is 4.79 Å². The Balaban J connectivity index is 1.38. The summed E-state index contributed by atoms with van der Waals surface area (Å²) in [4.78, 5) is 63.2. The zero-order valence-electron chi connectivity index (χ0n) is 19.0. The minimum absolute atomic E-state index is 0.166. The van der Waals surface area contributed by atoms with Gasteiger partial charge in [0.2, 0.25) is 11.8 Å². The van der Waals surface area contributed by atoms with Gasteiger partial charge in [-0.15, -0.1) is 11.3 Å². The number of benzene rings is 1. The Kier molecular flexibility index (Phi) is 7.40. The summed E-state index contributed by atoms with van der Waals surface area (Å²) < 4.78 is 10.2. The van der Waals surface area contributed by atoms with Gasteiger partial charge in [0.15, 0.2) is 6.61 Å². The van der Waals surface area contributed by atoms with Gasteiger partial charge in [-0.05, 0) is 25.3 Å². The van der Waals surface area contributed by atoms with E-state index in [-0.39, 0.29) is 17.2 Å². The topological polar surface area (TPSA) is 119 Å². The number of imide groups is 1. The van der Waals surface area contributed by atoms with Crippen molar-refractivity contribution in [3.8, 4) is 11.1 Å². The Hall–Kier alpha value is -3.79. The maximum Gasteiger partial charge on any atom is 0.341 e. The summed E-state index contributed by atoms with van der Waals surface area (Å²) in [5.41, 5.74) is 1.62. The molecule has 1 N–H and O–H groups in total. The van der Waals surface area contributed by atoms with Gasteiger partial charge in [-0.2, -0.15) is 0 Å². The largest absolute Gasteiger partial charge is 0.462 e. The number of hydrogen-bond acceptors (Lipinski definition) is 8. The third-order valence-electron chi connectivity index (χ3n) is 5.86. The maximum atomic E-state index is 12.6. The molecular formula is C25H24N2O7S. The number of hydrogen-bond donors (Lipinski definition) is 1. The van der Waals surface area contributed by atoms with Gasteiger partial charge in [0.25, 0.3) is 5.91 Å². The number of rotatable bonds is 8. The Morgan fingerprint density at radius 3 is 2.31 bits per heavy atom. The van der Waals surface area contributed by atoms with E-state index in [4.69, 9.17) is 9.47 Å². The van der Waals surface area contributed by atoms with E-state index in [0.29, 0.717) is 18.4 Å². The van der Waals surface area contributed by atoms with Gasteiger partial charge in [0, 0.05) is 10.9 Å². The Bertz CT molecular complexity index is 1160. The van der Waals surface area contributed by atoms with Crippen molar-refractivity contribution < 1.29 is 33.4 Å². The van der Waals surface area contributed by atoms with Crippen LogP contribution in [-0.4, -0.2) is 54.3 Å². The van der Waals surface area contributed by atoms with E-state index in [9.17, 15) is 24.0 Å². The predicted molar refractivity (Wildman–Crippen MR) is 127 cm³/mol. The van der Waals surface area contributed by atoms with Crippen molar-refractivity contribution in [2.75, 3.05) is 25.1 Å². The molecule has 0 spiro atoms. The summed E-state index contributed by atoms with van der Waals surface area (Å²) in [5.74, 6) is -3.78. The molecule has 9 nitrogen and oxygen atoms in total. The molecule has 1 saturated heterocycles. The number of thiophene rings is 1. The van der Waals surface area contributed by atoms with Crippen LogP contribution in [0.5, 0.6) is 0 Å². The lowest BCUT2D eigenvalue weighted by Gasteiger charge is -2.14. The molecule has 0 bridgehead atoms. The predicted octanol–water partition coefficient (Wildman–Crippen LogP) is 3.02. The standard InChI is InChI=1S/C25H24N2O7S/c1-2-33-25(32)21-18(15-8-4-3-5-9-15)14-35-22(21)26-19(28)13-34-20(29)12-27-23(30)16-10-6-7-11-17(16)24(27)31/h3-9,14,16-17H,2,10-13H2,1H3,(H,26,28)/t16-,17-/m1/s1. The summed E-state index contributed by atoms with van der Waals surface area (Å²) in [6, 6.07) is 9.20. The first kappa shape index (κ1) is 24.3. The van der Waals surface area contributed by atoms with E-state index in [0.717, 1.165) is 21.8 Å². The minimum Gasteiger partial charge on any atom is -0.462 e. The fourth-order valence-corrected chi connectivity index (χ4v) is 5.17. The number of amides is 3. The lowest BCUT2D eigenvalue weighted by molar-refractivity contribution is -0.154. The SMILES string of the molecule is CCOC(=O)c1c(-c2ccccc2)csc1NC(=O)COC(=O)CN1C(=O)[C@@H]2CC=CC[C@H]2C1=O. The van der Waals surface area contributed by atoms with Crippen molar-refractivity contribution in [2.45, 2.75) is 19.8 Å². The van der Waals surface area contributed by atoms with Gasteiger partial charge >= 0.3 is 11.9 Å². The molecule has 2 aliphatic rings. The molecule has 2 heterocycles. The number of nitrogens with one attached hydrogen (secondary N) is 1. The smallest absolute Gasteiger partial charge is 0.341 e. The van der Waals surface area contributed by atoms with Crippen LogP contribution in [0, 0.1) is 11.8 Å². The lowest BCUT2D eigenvalue weighted by Crippen LogP contribution is -2.37. The average molecular weight is 497 g/mol. The van der Waals surface area contributed by atoms with Crippen molar-refractivity contribution >= 4 is 46.0 Å². The zero-order chi connectivity index (χ0) is 24.9. The zero-order valence-corrected chi connectivity index (χ0v) is 19.8. The highest BCUT2D eigenvalue weighted by Gasteiger charge is 2.47. The first-order valence-corrected chi connectivity index (χ1v) is 12.1. The van der Waals surface area contributed by atoms with Crippen LogP contribution in [0.15, 0.2) is 47.9 Å². The molecule has 1 aromatic carbocycles. The second kappa shape index (κ2) is 10.6. The molecule has 0 radical (unpaired) electrons. The van der Waals surface area contributed by atoms with Crippen LogP contribution in [0.2, 0.25) is 0 Å². The highest BCUT2D eigenvalue weighted by Crippen LogP contribution is 2.36. The number of nitrogens with zero attached hydrogens (tertiary/aromatic N) is 1. The van der Waals surface area contributed by atoms with Crippen LogP contribution in [0.1, 0.15) is 30.1 Å². The van der Waals surface area contributed by atoms with Gasteiger partial charge < -0.3 is 14.8 Å². The Morgan fingerprint density at radius 2 is 1.69 bits per heavy atom. The number of carbonyl (C=O) groups excluding carboxylic acids is 5. The summed E-state index contributed by atoms with van der Waals surface area (Å²) in [7, 11) is 0. The molecule has 4 rings (SSSR count). The number of likely N-dealkylation sites (tertiary alicyclic amines) is 1. The molecule has 1 aromatic heterocycles. The number of allylic oxidation sites excluding steroid dienone is 2. The molecular weight excluding hydrogens is 472 g/mol. The highest BCUT2D eigenvalue weighted by molar-refractivity contribution is 7.15. The molecule has 3 amide bonds. The molecule has 0 saturated carbocycles. The van der Waals surface area contributed by atoms with Crippen LogP contribution < -0.4 is 5.32 Å². The van der Waals surface area contributed by atoms with Gasteiger partial charge in [-0.1, -0.05) is 42.5 Å². The first-order valence-electron chi connectivity index (χ1n) is 11.2. The third-order valence-corrected chi connectivity index (χ3v) is 6.75. The second-order valence-corrected chi connectivity index (χ2v) is 8.95. The van der Waals surface area contributed by atoms with Crippen molar-refractivity contribution in [1.82, 2.24) is 4.90 Å². The van der Waals surface area contributed by atoms with Crippen LogP contribution in [0.3, 0.4) is 0 Å². The molecule has 2 aromatic rings. The quantitative estimate of drug-likeness (QED) is 0.339. The van der Waals surface area contributed by atoms with E-state index in [2.05, 4.69) is 5.32 Å². The highest BCUT2D eigenvalue weighted by atomic mass is 32.1. The lowest BCUT2D eigenvalue weighted by atomic mass is 9.85. The Labute approximate surface area is 205 Å². The number of ether oxygens (including phenoxy) is 2. The van der Waals surface area contributed by atoms with E-state index in [1.54, 1.807) is 12.3 Å². The number of anilines is 1. The minimum atomic E-state index is -0.866. The first-order chi connectivity index (χ1) is 16.9. The summed E-state index contributed by atoms with van der Waals surface area (Å²) in [5, 5.41) is 4.60. The molecule has 0 unspecified atom stereocenters. The monoisotopic (exact) mass is 496 g/mol. The van der Waals surface area contributed by atoms with Crippen LogP contribution >= 0.6 is 11.3 Å². The molecule has 2 atom stereocenters. The van der Waals surface area contributed by atoms with E-state index < -0.39 is 54.6 Å². The normalized spacial score (nSPS) is 18.8. The van der Waals surface area contributed by atoms with Crippen LogP contribution in [-0.2, 0) is 28.7 Å². The molecule has 1 fully saturated rings. The molecule has 35 heavy (non-hydrogen) atoms. The van der Waals surface area contributed by atoms with Gasteiger partial charge in [-0.3, -0.25) is 24.1 Å².